The van der Waals surface area contributed by atoms with Crippen molar-refractivity contribution in [3.05, 3.63) is 29.3 Å². The standard InChI is InChI=1S/C16H21NO5S/c1-5-23(20,21)12-6-7-13-11(8-12)9-17(14(13)10-18)15(19)22-16(2,3)4/h6-8,10,14H,5,9H2,1-4H3. The van der Waals surface area contributed by atoms with Gasteiger partial charge in [0.2, 0.25) is 0 Å². The Balaban J connectivity index is 2.36. The van der Waals surface area contributed by atoms with Crippen molar-refractivity contribution in [2.45, 2.75) is 50.8 Å². The van der Waals surface area contributed by atoms with Crippen LogP contribution in [0.3, 0.4) is 0 Å². The molecule has 1 unspecified atom stereocenters. The maximum Gasteiger partial charge on any atom is 0.411 e. The minimum atomic E-state index is -3.33. The summed E-state index contributed by atoms with van der Waals surface area (Å²) in [5.74, 6) is -0.00131. The Morgan fingerprint density at radius 3 is 2.57 bits per heavy atom. The molecule has 0 aliphatic carbocycles. The lowest BCUT2D eigenvalue weighted by Gasteiger charge is -2.26. The molecule has 1 aromatic rings. The van der Waals surface area contributed by atoms with Gasteiger partial charge in [0.05, 0.1) is 17.2 Å². The summed E-state index contributed by atoms with van der Waals surface area (Å²) in [6, 6.07) is 3.86. The molecule has 23 heavy (non-hydrogen) atoms. The monoisotopic (exact) mass is 339 g/mol. The molecule has 1 atom stereocenters. The number of aldehydes is 1. The molecule has 1 amide bonds. The molecule has 2 rings (SSSR count). The lowest BCUT2D eigenvalue weighted by Crippen LogP contribution is -2.36. The zero-order valence-electron chi connectivity index (χ0n) is 13.7. The highest BCUT2D eigenvalue weighted by Crippen LogP contribution is 2.35. The molecular weight excluding hydrogens is 318 g/mol. The highest BCUT2D eigenvalue weighted by Gasteiger charge is 2.36. The maximum absolute atomic E-state index is 12.3. The second-order valence-electron chi connectivity index (χ2n) is 6.45. The Hall–Kier alpha value is -1.89. The third-order valence-electron chi connectivity index (χ3n) is 3.61. The van der Waals surface area contributed by atoms with Gasteiger partial charge in [0, 0.05) is 0 Å². The van der Waals surface area contributed by atoms with E-state index in [2.05, 4.69) is 0 Å². The average Bonchev–Trinajstić information content (AvgIpc) is 2.83. The molecule has 1 aromatic carbocycles. The number of nitrogens with zero attached hydrogens (tertiary/aromatic N) is 1. The number of hydrogen-bond acceptors (Lipinski definition) is 5. The van der Waals surface area contributed by atoms with Crippen molar-refractivity contribution in [1.29, 1.82) is 0 Å². The quantitative estimate of drug-likeness (QED) is 0.790. The van der Waals surface area contributed by atoms with Gasteiger partial charge >= 0.3 is 6.09 Å². The first-order chi connectivity index (χ1) is 10.6. The average molecular weight is 339 g/mol. The molecular formula is C16H21NO5S. The van der Waals surface area contributed by atoms with Crippen LogP contribution in [0.4, 0.5) is 4.79 Å². The molecule has 7 heteroatoms. The molecule has 1 aliphatic heterocycles. The topological polar surface area (TPSA) is 80.8 Å². The van der Waals surface area contributed by atoms with Crippen LogP contribution in [0.1, 0.15) is 44.9 Å². The van der Waals surface area contributed by atoms with E-state index in [0.29, 0.717) is 17.4 Å². The van der Waals surface area contributed by atoms with Gasteiger partial charge in [0.15, 0.2) is 9.84 Å². The van der Waals surface area contributed by atoms with Crippen molar-refractivity contribution in [2.75, 3.05) is 5.75 Å². The van der Waals surface area contributed by atoms with Crippen molar-refractivity contribution < 1.29 is 22.7 Å². The van der Waals surface area contributed by atoms with E-state index in [1.807, 2.05) is 0 Å². The smallest absolute Gasteiger partial charge is 0.411 e. The van der Waals surface area contributed by atoms with Gasteiger partial charge in [-0.05, 0) is 44.0 Å². The number of benzene rings is 1. The van der Waals surface area contributed by atoms with Crippen LogP contribution in [0.2, 0.25) is 0 Å². The fraction of sp³-hybridized carbons (Fsp3) is 0.500. The Bertz CT molecular complexity index is 733. The van der Waals surface area contributed by atoms with Crippen LogP contribution in [0.5, 0.6) is 0 Å². The van der Waals surface area contributed by atoms with Crippen LogP contribution in [0.25, 0.3) is 0 Å². The van der Waals surface area contributed by atoms with Crippen LogP contribution < -0.4 is 0 Å². The molecule has 0 saturated carbocycles. The zero-order valence-corrected chi connectivity index (χ0v) is 14.5. The number of sulfone groups is 1. The molecule has 0 N–H and O–H groups in total. The van der Waals surface area contributed by atoms with Crippen molar-refractivity contribution in [2.24, 2.45) is 0 Å². The summed E-state index contributed by atoms with van der Waals surface area (Å²) in [6.07, 6.45) is 0.0784. The molecule has 0 radical (unpaired) electrons. The maximum atomic E-state index is 12.3. The number of ether oxygens (including phenoxy) is 1. The number of amides is 1. The summed E-state index contributed by atoms with van der Waals surface area (Å²) >= 11 is 0. The van der Waals surface area contributed by atoms with Gasteiger partial charge in [-0.15, -0.1) is 0 Å². The summed E-state index contributed by atoms with van der Waals surface area (Å²) in [5, 5.41) is 0. The lowest BCUT2D eigenvalue weighted by atomic mass is 10.1. The van der Waals surface area contributed by atoms with Gasteiger partial charge in [-0.3, -0.25) is 4.90 Å². The van der Waals surface area contributed by atoms with Crippen LogP contribution in [0.15, 0.2) is 23.1 Å². The molecule has 126 valence electrons. The fourth-order valence-corrected chi connectivity index (χ4v) is 3.39. The second kappa shape index (κ2) is 5.96. The summed E-state index contributed by atoms with van der Waals surface area (Å²) in [6.45, 7) is 6.96. The van der Waals surface area contributed by atoms with Crippen LogP contribution in [0, 0.1) is 0 Å². The van der Waals surface area contributed by atoms with Crippen molar-refractivity contribution in [3.8, 4) is 0 Å². The van der Waals surface area contributed by atoms with Crippen LogP contribution in [-0.4, -0.2) is 37.1 Å². The first-order valence-corrected chi connectivity index (χ1v) is 9.05. The Labute approximate surface area is 136 Å². The van der Waals surface area contributed by atoms with Gasteiger partial charge in [-0.1, -0.05) is 13.0 Å². The molecule has 6 nitrogen and oxygen atoms in total. The Morgan fingerprint density at radius 2 is 2.04 bits per heavy atom. The van der Waals surface area contributed by atoms with E-state index in [9.17, 15) is 18.0 Å². The number of hydrogen-bond donors (Lipinski definition) is 0. The number of fused-ring (bicyclic) bond motifs is 1. The summed E-state index contributed by atoms with van der Waals surface area (Å²) in [7, 11) is -3.33. The minimum Gasteiger partial charge on any atom is -0.444 e. The van der Waals surface area contributed by atoms with Crippen molar-refractivity contribution in [3.63, 3.8) is 0 Å². The molecule has 0 bridgehead atoms. The third-order valence-corrected chi connectivity index (χ3v) is 5.34. The largest absolute Gasteiger partial charge is 0.444 e. The normalized spacial score (nSPS) is 17.7. The molecule has 0 aromatic heterocycles. The van der Waals surface area contributed by atoms with E-state index in [0.717, 1.165) is 0 Å². The van der Waals surface area contributed by atoms with E-state index in [4.69, 9.17) is 4.74 Å². The van der Waals surface area contributed by atoms with Gasteiger partial charge in [-0.25, -0.2) is 13.2 Å². The first-order valence-electron chi connectivity index (χ1n) is 7.39. The number of carbonyl (C=O) groups excluding carboxylic acids is 2. The van der Waals surface area contributed by atoms with E-state index >= 15 is 0 Å². The van der Waals surface area contributed by atoms with Crippen molar-refractivity contribution >= 4 is 22.2 Å². The first kappa shape index (κ1) is 17.5. The summed E-state index contributed by atoms with van der Waals surface area (Å²) in [5.41, 5.74) is 0.624. The Kier molecular flexibility index (Phi) is 4.52. The highest BCUT2D eigenvalue weighted by molar-refractivity contribution is 7.91. The molecule has 0 saturated heterocycles. The number of carbonyl (C=O) groups is 2. The van der Waals surface area contributed by atoms with E-state index in [1.165, 1.54) is 17.0 Å². The van der Waals surface area contributed by atoms with Gasteiger partial charge < -0.3 is 9.53 Å². The predicted octanol–water partition coefficient (Wildman–Crippen LogP) is 2.47. The van der Waals surface area contributed by atoms with Gasteiger partial charge in [0.1, 0.15) is 17.9 Å². The Morgan fingerprint density at radius 1 is 1.39 bits per heavy atom. The van der Waals surface area contributed by atoms with Crippen LogP contribution in [-0.2, 0) is 25.9 Å². The number of rotatable bonds is 3. The van der Waals surface area contributed by atoms with Gasteiger partial charge in [0.25, 0.3) is 0 Å². The fourth-order valence-electron chi connectivity index (χ4n) is 2.46. The molecule has 0 spiro atoms. The van der Waals surface area contributed by atoms with Gasteiger partial charge in [-0.2, -0.15) is 0 Å². The minimum absolute atomic E-state index is 0.00131. The molecule has 1 heterocycles. The van der Waals surface area contributed by atoms with E-state index in [1.54, 1.807) is 33.8 Å². The third kappa shape index (κ3) is 3.55. The summed E-state index contributed by atoms with van der Waals surface area (Å²) in [4.78, 5) is 25.2. The molecule has 0 fully saturated rings. The zero-order chi connectivity index (χ0) is 17.4. The molecule has 1 aliphatic rings. The summed E-state index contributed by atoms with van der Waals surface area (Å²) < 4.78 is 29.3. The van der Waals surface area contributed by atoms with Crippen molar-refractivity contribution in [1.82, 2.24) is 4.90 Å². The van der Waals surface area contributed by atoms with Crippen LogP contribution >= 0.6 is 0 Å². The predicted molar refractivity (Wildman–Crippen MR) is 84.8 cm³/mol. The van der Waals surface area contributed by atoms with E-state index in [-0.39, 0.29) is 17.2 Å². The van der Waals surface area contributed by atoms with E-state index < -0.39 is 27.6 Å². The highest BCUT2D eigenvalue weighted by atomic mass is 32.2. The lowest BCUT2D eigenvalue weighted by molar-refractivity contribution is -0.112. The second-order valence-corrected chi connectivity index (χ2v) is 8.73. The SMILES string of the molecule is CCS(=O)(=O)c1ccc2c(c1)CN(C(=O)OC(C)(C)C)C2C=O.